The molecular formula is C11H15ClN2O. The molecule has 0 aromatic carbocycles. The number of rotatable bonds is 2. The maximum atomic E-state index is 11.7. The van der Waals surface area contributed by atoms with Gasteiger partial charge in [-0.05, 0) is 18.6 Å². The SMILES string of the molecule is Cc1cc(CC(=O)C(C)(C)C)nnc1Cl. The van der Waals surface area contributed by atoms with E-state index in [1.165, 1.54) is 0 Å². The van der Waals surface area contributed by atoms with Crippen molar-refractivity contribution < 1.29 is 4.79 Å². The van der Waals surface area contributed by atoms with Crippen LogP contribution in [0.25, 0.3) is 0 Å². The number of nitrogens with zero attached hydrogens (tertiary/aromatic N) is 2. The van der Waals surface area contributed by atoms with Gasteiger partial charge in [0.25, 0.3) is 0 Å². The van der Waals surface area contributed by atoms with Gasteiger partial charge in [-0.1, -0.05) is 32.4 Å². The van der Waals surface area contributed by atoms with Crippen molar-refractivity contribution in [2.45, 2.75) is 34.1 Å². The van der Waals surface area contributed by atoms with Gasteiger partial charge in [-0.25, -0.2) is 0 Å². The number of aryl methyl sites for hydroxylation is 1. The highest BCUT2D eigenvalue weighted by atomic mass is 35.5. The first-order chi connectivity index (χ1) is 6.80. The highest BCUT2D eigenvalue weighted by Crippen LogP contribution is 2.18. The smallest absolute Gasteiger partial charge is 0.154 e. The van der Waals surface area contributed by atoms with Gasteiger partial charge in [-0.15, -0.1) is 5.10 Å². The molecule has 1 aromatic heterocycles. The van der Waals surface area contributed by atoms with Crippen molar-refractivity contribution in [1.29, 1.82) is 0 Å². The lowest BCUT2D eigenvalue weighted by molar-refractivity contribution is -0.125. The molecule has 0 atom stereocenters. The number of carbonyl (C=O) groups excluding carboxylic acids is 1. The van der Waals surface area contributed by atoms with Crippen molar-refractivity contribution >= 4 is 17.4 Å². The van der Waals surface area contributed by atoms with E-state index in [0.717, 1.165) is 5.56 Å². The highest BCUT2D eigenvalue weighted by Gasteiger charge is 2.21. The van der Waals surface area contributed by atoms with Crippen molar-refractivity contribution in [1.82, 2.24) is 10.2 Å². The Bertz CT molecular complexity index is 383. The zero-order valence-electron chi connectivity index (χ0n) is 9.47. The van der Waals surface area contributed by atoms with Crippen LogP contribution in [0.2, 0.25) is 5.15 Å². The summed E-state index contributed by atoms with van der Waals surface area (Å²) in [5.41, 5.74) is 1.19. The topological polar surface area (TPSA) is 42.9 Å². The summed E-state index contributed by atoms with van der Waals surface area (Å²) in [5, 5.41) is 8.06. The average Bonchev–Trinajstić information content (AvgIpc) is 2.10. The molecule has 1 rings (SSSR count). The number of hydrogen-bond acceptors (Lipinski definition) is 3. The molecule has 0 N–H and O–H groups in total. The first-order valence-corrected chi connectivity index (χ1v) is 5.20. The van der Waals surface area contributed by atoms with Crippen LogP contribution in [0.5, 0.6) is 0 Å². The summed E-state index contributed by atoms with van der Waals surface area (Å²) >= 11 is 5.75. The summed E-state index contributed by atoms with van der Waals surface area (Å²) in [4.78, 5) is 11.7. The second kappa shape index (κ2) is 4.27. The van der Waals surface area contributed by atoms with E-state index in [9.17, 15) is 4.79 Å². The van der Waals surface area contributed by atoms with Crippen LogP contribution in [-0.4, -0.2) is 16.0 Å². The van der Waals surface area contributed by atoms with E-state index in [2.05, 4.69) is 10.2 Å². The van der Waals surface area contributed by atoms with Gasteiger partial charge in [0.1, 0.15) is 5.78 Å². The third-order valence-electron chi connectivity index (χ3n) is 2.15. The minimum atomic E-state index is -0.338. The molecule has 0 aliphatic rings. The van der Waals surface area contributed by atoms with Gasteiger partial charge in [0.15, 0.2) is 5.15 Å². The summed E-state index contributed by atoms with van der Waals surface area (Å²) in [5.74, 6) is 0.151. The molecule has 0 fully saturated rings. The lowest BCUT2D eigenvalue weighted by Crippen LogP contribution is -2.22. The Balaban J connectivity index is 2.83. The van der Waals surface area contributed by atoms with E-state index in [1.807, 2.05) is 27.7 Å². The Kier molecular flexibility index (Phi) is 3.45. The predicted molar refractivity (Wildman–Crippen MR) is 59.9 cm³/mol. The van der Waals surface area contributed by atoms with Crippen LogP contribution in [0.15, 0.2) is 6.07 Å². The molecule has 1 heterocycles. The van der Waals surface area contributed by atoms with Gasteiger partial charge < -0.3 is 0 Å². The summed E-state index contributed by atoms with van der Waals surface area (Å²) < 4.78 is 0. The van der Waals surface area contributed by atoms with E-state index in [1.54, 1.807) is 6.07 Å². The van der Waals surface area contributed by atoms with E-state index in [0.29, 0.717) is 17.3 Å². The maximum Gasteiger partial charge on any atom is 0.154 e. The highest BCUT2D eigenvalue weighted by molar-refractivity contribution is 6.30. The third kappa shape index (κ3) is 3.27. The Morgan fingerprint density at radius 1 is 1.40 bits per heavy atom. The minimum absolute atomic E-state index is 0.151. The molecule has 0 saturated heterocycles. The zero-order valence-corrected chi connectivity index (χ0v) is 10.2. The maximum absolute atomic E-state index is 11.7. The fourth-order valence-electron chi connectivity index (χ4n) is 1.04. The molecule has 0 amide bonds. The Labute approximate surface area is 94.9 Å². The second-order valence-electron chi connectivity index (χ2n) is 4.66. The number of aromatic nitrogens is 2. The largest absolute Gasteiger partial charge is 0.299 e. The summed E-state index contributed by atoms with van der Waals surface area (Å²) in [6.45, 7) is 7.53. The number of hydrogen-bond donors (Lipinski definition) is 0. The first kappa shape index (κ1) is 12.1. The first-order valence-electron chi connectivity index (χ1n) is 4.82. The van der Waals surface area contributed by atoms with E-state index in [-0.39, 0.29) is 11.2 Å². The van der Waals surface area contributed by atoms with E-state index in [4.69, 9.17) is 11.6 Å². The predicted octanol–water partition coefficient (Wildman–Crippen LogP) is 2.60. The molecule has 0 radical (unpaired) electrons. The van der Waals surface area contributed by atoms with Crippen molar-refractivity contribution in [2.75, 3.05) is 0 Å². The number of Topliss-reactive ketones (excluding diaryl/α,β-unsaturated/α-hetero) is 1. The van der Waals surface area contributed by atoms with Crippen LogP contribution in [0.4, 0.5) is 0 Å². The quantitative estimate of drug-likeness (QED) is 0.779. The van der Waals surface area contributed by atoms with Crippen LogP contribution < -0.4 is 0 Å². The molecule has 3 nitrogen and oxygen atoms in total. The van der Waals surface area contributed by atoms with E-state index >= 15 is 0 Å². The molecule has 15 heavy (non-hydrogen) atoms. The fraction of sp³-hybridized carbons (Fsp3) is 0.545. The van der Waals surface area contributed by atoms with Crippen molar-refractivity contribution in [2.24, 2.45) is 5.41 Å². The van der Waals surface area contributed by atoms with Gasteiger partial charge in [-0.2, -0.15) is 5.10 Å². The summed E-state index contributed by atoms with van der Waals surface area (Å²) in [6.07, 6.45) is 0.314. The monoisotopic (exact) mass is 226 g/mol. The standard InChI is InChI=1S/C11H15ClN2O/c1-7-5-8(13-14-10(7)12)6-9(15)11(2,3)4/h5H,6H2,1-4H3. The summed E-state index contributed by atoms with van der Waals surface area (Å²) in [6, 6.07) is 1.80. The van der Waals surface area contributed by atoms with Crippen LogP contribution in [-0.2, 0) is 11.2 Å². The Hall–Kier alpha value is -0.960. The van der Waals surface area contributed by atoms with E-state index < -0.39 is 0 Å². The van der Waals surface area contributed by atoms with Crippen molar-refractivity contribution in [3.05, 3.63) is 22.5 Å². The molecule has 4 heteroatoms. The number of halogens is 1. The van der Waals surface area contributed by atoms with Gasteiger partial charge in [0.2, 0.25) is 0 Å². The normalized spacial score (nSPS) is 11.5. The number of ketones is 1. The molecule has 82 valence electrons. The molecule has 0 saturated carbocycles. The van der Waals surface area contributed by atoms with Crippen LogP contribution in [0.1, 0.15) is 32.0 Å². The Morgan fingerprint density at radius 2 is 2.00 bits per heavy atom. The van der Waals surface area contributed by atoms with Crippen LogP contribution in [0, 0.1) is 12.3 Å². The van der Waals surface area contributed by atoms with Crippen molar-refractivity contribution in [3.8, 4) is 0 Å². The van der Waals surface area contributed by atoms with Crippen LogP contribution in [0.3, 0.4) is 0 Å². The Morgan fingerprint density at radius 3 is 2.47 bits per heavy atom. The fourth-order valence-corrected chi connectivity index (χ4v) is 1.13. The zero-order chi connectivity index (χ0) is 11.6. The van der Waals surface area contributed by atoms with Gasteiger partial charge >= 0.3 is 0 Å². The summed E-state index contributed by atoms with van der Waals surface area (Å²) in [7, 11) is 0. The number of carbonyl (C=O) groups is 1. The molecule has 0 unspecified atom stereocenters. The van der Waals surface area contributed by atoms with Gasteiger partial charge in [0, 0.05) is 5.41 Å². The van der Waals surface area contributed by atoms with Crippen LogP contribution >= 0.6 is 11.6 Å². The minimum Gasteiger partial charge on any atom is -0.299 e. The van der Waals surface area contributed by atoms with Crippen molar-refractivity contribution in [3.63, 3.8) is 0 Å². The second-order valence-corrected chi connectivity index (χ2v) is 5.02. The average molecular weight is 227 g/mol. The molecule has 0 aliphatic carbocycles. The van der Waals surface area contributed by atoms with Gasteiger partial charge in [-0.3, -0.25) is 4.79 Å². The molecule has 0 spiro atoms. The lowest BCUT2D eigenvalue weighted by atomic mass is 9.88. The molecular weight excluding hydrogens is 212 g/mol. The third-order valence-corrected chi connectivity index (χ3v) is 2.53. The lowest BCUT2D eigenvalue weighted by Gasteiger charge is -2.15. The molecule has 0 bridgehead atoms. The van der Waals surface area contributed by atoms with Gasteiger partial charge in [0.05, 0.1) is 12.1 Å². The molecule has 0 aliphatic heterocycles. The molecule has 1 aromatic rings.